The van der Waals surface area contributed by atoms with E-state index in [2.05, 4.69) is 25.8 Å². The van der Waals surface area contributed by atoms with Gasteiger partial charge < -0.3 is 15.2 Å². The third-order valence-electron chi connectivity index (χ3n) is 3.91. The predicted octanol–water partition coefficient (Wildman–Crippen LogP) is 3.01. The fourth-order valence-electron chi connectivity index (χ4n) is 2.80. The van der Waals surface area contributed by atoms with Crippen LogP contribution in [0.3, 0.4) is 0 Å². The Morgan fingerprint density at radius 2 is 1.95 bits per heavy atom. The Balaban J connectivity index is 1.83. The van der Waals surface area contributed by atoms with E-state index in [0.717, 1.165) is 31.7 Å². The van der Waals surface area contributed by atoms with Gasteiger partial charge in [0.25, 0.3) is 0 Å². The van der Waals surface area contributed by atoms with Gasteiger partial charge in [-0.3, -0.25) is 0 Å². The third-order valence-corrected chi connectivity index (χ3v) is 4.52. The number of halogens is 2. The Hall–Kier alpha value is -1.14. The highest BCUT2D eigenvalue weighted by molar-refractivity contribution is 9.10. The van der Waals surface area contributed by atoms with Gasteiger partial charge in [0.05, 0.1) is 15.5 Å². The Bertz CT molecular complexity index is 619. The summed E-state index contributed by atoms with van der Waals surface area (Å²) >= 11 is 3.22. The number of benzene rings is 1. The van der Waals surface area contributed by atoms with E-state index >= 15 is 0 Å². The molecular formula is C14H18BrFN4. The molecule has 1 aromatic carbocycles. The van der Waals surface area contributed by atoms with Gasteiger partial charge >= 0.3 is 0 Å². The Morgan fingerprint density at radius 1 is 1.20 bits per heavy atom. The number of nitrogen functional groups attached to an aromatic ring is 1. The van der Waals surface area contributed by atoms with Crippen LogP contribution in [0, 0.1) is 5.82 Å². The molecule has 0 spiro atoms. The molecule has 0 unspecified atom stereocenters. The SMILES string of the molecule is Nc1nc2cc(F)c(Br)cc2n1CCN1CCCCC1. The van der Waals surface area contributed by atoms with Crippen molar-refractivity contribution in [2.24, 2.45) is 0 Å². The summed E-state index contributed by atoms with van der Waals surface area (Å²) in [6.45, 7) is 4.07. The summed E-state index contributed by atoms with van der Waals surface area (Å²) in [6, 6.07) is 3.18. The van der Waals surface area contributed by atoms with E-state index < -0.39 is 0 Å². The molecule has 0 amide bonds. The number of hydrogen-bond donors (Lipinski definition) is 1. The number of nitrogens with zero attached hydrogens (tertiary/aromatic N) is 3. The van der Waals surface area contributed by atoms with Crippen LogP contribution in [0.1, 0.15) is 19.3 Å². The topological polar surface area (TPSA) is 47.1 Å². The zero-order valence-electron chi connectivity index (χ0n) is 11.3. The van der Waals surface area contributed by atoms with E-state index in [1.807, 2.05) is 4.57 Å². The standard InChI is InChI=1S/C14H18BrFN4/c15-10-8-13-12(9-11(10)16)18-14(17)20(13)7-6-19-4-2-1-3-5-19/h8-9H,1-7H2,(H2,17,18). The van der Waals surface area contributed by atoms with Gasteiger partial charge in [-0.15, -0.1) is 0 Å². The van der Waals surface area contributed by atoms with Gasteiger partial charge in [-0.25, -0.2) is 9.37 Å². The van der Waals surface area contributed by atoms with Gasteiger partial charge in [0.15, 0.2) is 0 Å². The van der Waals surface area contributed by atoms with E-state index in [-0.39, 0.29) is 5.82 Å². The molecule has 2 heterocycles. The summed E-state index contributed by atoms with van der Waals surface area (Å²) in [4.78, 5) is 6.69. The molecule has 0 atom stereocenters. The highest BCUT2D eigenvalue weighted by Crippen LogP contribution is 2.25. The van der Waals surface area contributed by atoms with Crippen molar-refractivity contribution < 1.29 is 4.39 Å². The first-order valence-corrected chi connectivity index (χ1v) is 7.77. The number of anilines is 1. The zero-order valence-corrected chi connectivity index (χ0v) is 12.9. The highest BCUT2D eigenvalue weighted by Gasteiger charge is 2.14. The maximum atomic E-state index is 13.5. The number of nitrogens with two attached hydrogens (primary N) is 1. The minimum absolute atomic E-state index is 0.307. The average molecular weight is 341 g/mol. The van der Waals surface area contributed by atoms with Gasteiger partial charge in [0.1, 0.15) is 5.82 Å². The first kappa shape index (κ1) is 13.8. The lowest BCUT2D eigenvalue weighted by atomic mass is 10.1. The molecular weight excluding hydrogens is 323 g/mol. The maximum absolute atomic E-state index is 13.5. The van der Waals surface area contributed by atoms with Crippen molar-refractivity contribution in [3.63, 3.8) is 0 Å². The molecule has 0 radical (unpaired) electrons. The van der Waals surface area contributed by atoms with E-state index in [1.54, 1.807) is 6.07 Å². The molecule has 0 aliphatic carbocycles. The molecule has 1 saturated heterocycles. The van der Waals surface area contributed by atoms with Crippen LogP contribution in [-0.4, -0.2) is 34.1 Å². The van der Waals surface area contributed by atoms with Crippen molar-refractivity contribution in [3.05, 3.63) is 22.4 Å². The molecule has 20 heavy (non-hydrogen) atoms. The second-order valence-electron chi connectivity index (χ2n) is 5.28. The molecule has 108 valence electrons. The molecule has 4 nitrogen and oxygen atoms in total. The number of aromatic nitrogens is 2. The number of imidazole rings is 1. The number of likely N-dealkylation sites (tertiary alicyclic amines) is 1. The lowest BCUT2D eigenvalue weighted by molar-refractivity contribution is 0.222. The van der Waals surface area contributed by atoms with E-state index in [0.29, 0.717) is 15.9 Å². The normalized spacial score (nSPS) is 16.9. The lowest BCUT2D eigenvalue weighted by Crippen LogP contribution is -2.32. The fraction of sp³-hybridized carbons (Fsp3) is 0.500. The van der Waals surface area contributed by atoms with Crippen molar-refractivity contribution >= 4 is 32.9 Å². The largest absolute Gasteiger partial charge is 0.369 e. The number of piperidine rings is 1. The molecule has 1 fully saturated rings. The Kier molecular flexibility index (Phi) is 3.94. The van der Waals surface area contributed by atoms with Crippen molar-refractivity contribution in [2.75, 3.05) is 25.4 Å². The summed E-state index contributed by atoms with van der Waals surface area (Å²) in [6.07, 6.45) is 3.88. The van der Waals surface area contributed by atoms with Crippen molar-refractivity contribution in [2.45, 2.75) is 25.8 Å². The minimum Gasteiger partial charge on any atom is -0.369 e. The van der Waals surface area contributed by atoms with Crippen molar-refractivity contribution in [3.8, 4) is 0 Å². The summed E-state index contributed by atoms with van der Waals surface area (Å²) < 4.78 is 15.9. The lowest BCUT2D eigenvalue weighted by Gasteiger charge is -2.26. The van der Waals surface area contributed by atoms with Crippen LogP contribution in [0.25, 0.3) is 11.0 Å². The first-order chi connectivity index (χ1) is 9.65. The molecule has 1 aromatic heterocycles. The molecule has 0 saturated carbocycles. The quantitative estimate of drug-likeness (QED) is 0.934. The monoisotopic (exact) mass is 340 g/mol. The van der Waals surface area contributed by atoms with Gasteiger partial charge in [0.2, 0.25) is 5.95 Å². The van der Waals surface area contributed by atoms with Crippen LogP contribution >= 0.6 is 15.9 Å². The summed E-state index contributed by atoms with van der Waals surface area (Å²) in [7, 11) is 0. The van der Waals surface area contributed by atoms with Crippen LogP contribution in [0.4, 0.5) is 10.3 Å². The second kappa shape index (κ2) is 5.69. The predicted molar refractivity (Wildman–Crippen MR) is 82.1 cm³/mol. The third kappa shape index (κ3) is 2.67. The minimum atomic E-state index is -0.307. The summed E-state index contributed by atoms with van der Waals surface area (Å²) in [5.41, 5.74) is 7.46. The van der Waals surface area contributed by atoms with Crippen LogP contribution in [-0.2, 0) is 6.54 Å². The van der Waals surface area contributed by atoms with E-state index in [4.69, 9.17) is 5.73 Å². The van der Waals surface area contributed by atoms with Crippen LogP contribution in [0.5, 0.6) is 0 Å². The van der Waals surface area contributed by atoms with E-state index in [9.17, 15) is 4.39 Å². The smallest absolute Gasteiger partial charge is 0.201 e. The Morgan fingerprint density at radius 3 is 2.70 bits per heavy atom. The molecule has 0 bridgehead atoms. The van der Waals surface area contributed by atoms with Crippen LogP contribution < -0.4 is 5.73 Å². The molecule has 2 aromatic rings. The van der Waals surface area contributed by atoms with Gasteiger partial charge in [-0.05, 0) is 47.9 Å². The van der Waals surface area contributed by atoms with Crippen LogP contribution in [0.2, 0.25) is 0 Å². The van der Waals surface area contributed by atoms with Crippen molar-refractivity contribution in [1.29, 1.82) is 0 Å². The maximum Gasteiger partial charge on any atom is 0.201 e. The average Bonchev–Trinajstić information content (AvgIpc) is 2.73. The highest BCUT2D eigenvalue weighted by atomic mass is 79.9. The van der Waals surface area contributed by atoms with Crippen LogP contribution in [0.15, 0.2) is 16.6 Å². The molecule has 6 heteroatoms. The fourth-order valence-corrected chi connectivity index (χ4v) is 3.13. The summed E-state index contributed by atoms with van der Waals surface area (Å²) in [5, 5.41) is 0. The zero-order chi connectivity index (χ0) is 14.1. The number of hydrogen-bond acceptors (Lipinski definition) is 3. The van der Waals surface area contributed by atoms with Crippen molar-refractivity contribution in [1.82, 2.24) is 14.5 Å². The van der Waals surface area contributed by atoms with E-state index in [1.165, 1.54) is 25.3 Å². The molecule has 2 N–H and O–H groups in total. The van der Waals surface area contributed by atoms with Gasteiger partial charge in [-0.2, -0.15) is 0 Å². The second-order valence-corrected chi connectivity index (χ2v) is 6.13. The van der Waals surface area contributed by atoms with Gasteiger partial charge in [0, 0.05) is 19.2 Å². The van der Waals surface area contributed by atoms with Gasteiger partial charge in [-0.1, -0.05) is 6.42 Å². The Labute approximate surface area is 125 Å². The first-order valence-electron chi connectivity index (χ1n) is 6.98. The number of rotatable bonds is 3. The number of fused-ring (bicyclic) bond motifs is 1. The molecule has 1 aliphatic heterocycles. The molecule has 1 aliphatic rings. The molecule has 3 rings (SSSR count). The summed E-state index contributed by atoms with van der Waals surface area (Å²) in [5.74, 6) is 0.146.